The molecule has 0 bridgehead atoms. The Labute approximate surface area is 118 Å². The van der Waals surface area contributed by atoms with Crippen molar-refractivity contribution >= 4 is 17.5 Å². The van der Waals surface area contributed by atoms with E-state index in [-0.39, 0.29) is 0 Å². The standard InChI is InChI=1S/C14H18N6/c1-11-3-4-12(15)13(18-11)19-7-9-20(10-8-19)14-16-5-2-6-17-14/h2-6H,7-10,15H2,1H3. The Morgan fingerprint density at radius 1 is 1.00 bits per heavy atom. The zero-order valence-electron chi connectivity index (χ0n) is 11.5. The van der Waals surface area contributed by atoms with Crippen molar-refractivity contribution in [1.82, 2.24) is 15.0 Å². The van der Waals surface area contributed by atoms with E-state index in [9.17, 15) is 0 Å². The highest BCUT2D eigenvalue weighted by atomic mass is 15.3. The summed E-state index contributed by atoms with van der Waals surface area (Å²) in [5, 5.41) is 0. The molecular formula is C14H18N6. The molecule has 2 N–H and O–H groups in total. The summed E-state index contributed by atoms with van der Waals surface area (Å²) in [4.78, 5) is 17.5. The molecule has 0 saturated carbocycles. The minimum Gasteiger partial charge on any atom is -0.396 e. The molecule has 20 heavy (non-hydrogen) atoms. The van der Waals surface area contributed by atoms with Gasteiger partial charge in [-0.2, -0.15) is 0 Å². The van der Waals surface area contributed by atoms with E-state index in [1.807, 2.05) is 25.1 Å². The van der Waals surface area contributed by atoms with Crippen molar-refractivity contribution in [3.63, 3.8) is 0 Å². The predicted octanol–water partition coefficient (Wildman–Crippen LogP) is 1.09. The molecule has 0 aromatic carbocycles. The topological polar surface area (TPSA) is 71.2 Å². The number of aryl methyl sites for hydroxylation is 1. The summed E-state index contributed by atoms with van der Waals surface area (Å²) in [6.45, 7) is 5.48. The molecule has 2 aromatic heterocycles. The second kappa shape index (κ2) is 5.32. The molecule has 1 saturated heterocycles. The molecule has 0 aliphatic carbocycles. The molecule has 1 aliphatic heterocycles. The monoisotopic (exact) mass is 270 g/mol. The molecular weight excluding hydrogens is 252 g/mol. The van der Waals surface area contributed by atoms with Gasteiger partial charge < -0.3 is 15.5 Å². The second-order valence-corrected chi connectivity index (χ2v) is 4.89. The lowest BCUT2D eigenvalue weighted by Gasteiger charge is -2.35. The molecule has 0 atom stereocenters. The van der Waals surface area contributed by atoms with Gasteiger partial charge in [0.2, 0.25) is 5.95 Å². The minimum atomic E-state index is 0.736. The Kier molecular flexibility index (Phi) is 3.37. The molecule has 3 heterocycles. The first kappa shape index (κ1) is 12.7. The minimum absolute atomic E-state index is 0.736. The van der Waals surface area contributed by atoms with E-state index in [1.54, 1.807) is 12.4 Å². The van der Waals surface area contributed by atoms with Crippen LogP contribution in [0, 0.1) is 6.92 Å². The first-order chi connectivity index (χ1) is 9.74. The maximum Gasteiger partial charge on any atom is 0.225 e. The summed E-state index contributed by atoms with van der Waals surface area (Å²) in [6, 6.07) is 5.69. The lowest BCUT2D eigenvalue weighted by atomic mass is 10.2. The van der Waals surface area contributed by atoms with Crippen molar-refractivity contribution in [2.45, 2.75) is 6.92 Å². The first-order valence-electron chi connectivity index (χ1n) is 6.74. The number of nitrogens with two attached hydrogens (primary N) is 1. The van der Waals surface area contributed by atoms with Crippen molar-refractivity contribution in [3.8, 4) is 0 Å². The number of piperazine rings is 1. The van der Waals surface area contributed by atoms with Gasteiger partial charge in [0.1, 0.15) is 0 Å². The SMILES string of the molecule is Cc1ccc(N)c(N2CCN(c3ncccn3)CC2)n1. The third-order valence-electron chi connectivity index (χ3n) is 3.46. The van der Waals surface area contributed by atoms with Gasteiger partial charge in [-0.15, -0.1) is 0 Å². The van der Waals surface area contributed by atoms with E-state index in [4.69, 9.17) is 5.73 Å². The number of anilines is 3. The van der Waals surface area contributed by atoms with E-state index in [2.05, 4.69) is 24.8 Å². The molecule has 6 heteroatoms. The Hall–Kier alpha value is -2.37. The van der Waals surface area contributed by atoms with E-state index >= 15 is 0 Å². The number of rotatable bonds is 2. The molecule has 104 valence electrons. The second-order valence-electron chi connectivity index (χ2n) is 4.89. The van der Waals surface area contributed by atoms with Gasteiger partial charge in [0.05, 0.1) is 5.69 Å². The fourth-order valence-electron chi connectivity index (χ4n) is 2.38. The molecule has 0 radical (unpaired) electrons. The number of nitrogen functional groups attached to an aromatic ring is 1. The van der Waals surface area contributed by atoms with Gasteiger partial charge in [-0.05, 0) is 25.1 Å². The highest BCUT2D eigenvalue weighted by Gasteiger charge is 2.21. The highest BCUT2D eigenvalue weighted by molar-refractivity contribution is 5.63. The molecule has 2 aromatic rings. The third kappa shape index (κ3) is 2.49. The third-order valence-corrected chi connectivity index (χ3v) is 3.46. The highest BCUT2D eigenvalue weighted by Crippen LogP contribution is 2.22. The molecule has 3 rings (SSSR count). The average Bonchev–Trinajstić information content (AvgIpc) is 2.51. The number of pyridine rings is 1. The van der Waals surface area contributed by atoms with E-state index in [0.717, 1.165) is 49.3 Å². The number of aromatic nitrogens is 3. The Bertz CT molecular complexity index is 577. The molecule has 6 nitrogen and oxygen atoms in total. The van der Waals surface area contributed by atoms with E-state index in [1.165, 1.54) is 0 Å². The van der Waals surface area contributed by atoms with Crippen molar-refractivity contribution < 1.29 is 0 Å². The Morgan fingerprint density at radius 2 is 1.65 bits per heavy atom. The van der Waals surface area contributed by atoms with E-state index in [0.29, 0.717) is 0 Å². The summed E-state index contributed by atoms with van der Waals surface area (Å²) in [5.74, 6) is 1.68. The van der Waals surface area contributed by atoms with Crippen LogP contribution in [-0.4, -0.2) is 41.1 Å². The summed E-state index contributed by atoms with van der Waals surface area (Å²) in [6.07, 6.45) is 3.55. The van der Waals surface area contributed by atoms with Crippen LogP contribution in [0.1, 0.15) is 5.69 Å². The van der Waals surface area contributed by atoms with Gasteiger partial charge in [-0.25, -0.2) is 15.0 Å². The number of hydrogen-bond donors (Lipinski definition) is 1. The van der Waals surface area contributed by atoms with Crippen molar-refractivity contribution in [2.75, 3.05) is 41.7 Å². The quantitative estimate of drug-likeness (QED) is 0.880. The van der Waals surface area contributed by atoms with Crippen LogP contribution in [0.4, 0.5) is 17.5 Å². The van der Waals surface area contributed by atoms with Crippen LogP contribution in [0.15, 0.2) is 30.6 Å². The van der Waals surface area contributed by atoms with Crippen LogP contribution < -0.4 is 15.5 Å². The average molecular weight is 270 g/mol. The lowest BCUT2D eigenvalue weighted by molar-refractivity contribution is 0.634. The Morgan fingerprint density at radius 3 is 2.35 bits per heavy atom. The van der Waals surface area contributed by atoms with Crippen LogP contribution in [0.2, 0.25) is 0 Å². The van der Waals surface area contributed by atoms with Crippen LogP contribution in [-0.2, 0) is 0 Å². The molecule has 1 aliphatic rings. The zero-order valence-corrected chi connectivity index (χ0v) is 11.5. The predicted molar refractivity (Wildman–Crippen MR) is 79.8 cm³/mol. The van der Waals surface area contributed by atoms with E-state index < -0.39 is 0 Å². The van der Waals surface area contributed by atoms with Crippen LogP contribution in [0.3, 0.4) is 0 Å². The smallest absolute Gasteiger partial charge is 0.225 e. The number of nitrogens with zero attached hydrogens (tertiary/aromatic N) is 5. The van der Waals surface area contributed by atoms with Gasteiger partial charge in [-0.3, -0.25) is 0 Å². The van der Waals surface area contributed by atoms with Crippen LogP contribution in [0.5, 0.6) is 0 Å². The summed E-state index contributed by atoms with van der Waals surface area (Å²) in [7, 11) is 0. The summed E-state index contributed by atoms with van der Waals surface area (Å²) in [5.41, 5.74) is 7.75. The summed E-state index contributed by atoms with van der Waals surface area (Å²) >= 11 is 0. The van der Waals surface area contributed by atoms with Crippen molar-refractivity contribution in [3.05, 3.63) is 36.3 Å². The van der Waals surface area contributed by atoms with Crippen molar-refractivity contribution in [2.24, 2.45) is 0 Å². The summed E-state index contributed by atoms with van der Waals surface area (Å²) < 4.78 is 0. The van der Waals surface area contributed by atoms with Crippen LogP contribution in [0.25, 0.3) is 0 Å². The Balaban J connectivity index is 1.71. The van der Waals surface area contributed by atoms with Gasteiger partial charge in [0.25, 0.3) is 0 Å². The largest absolute Gasteiger partial charge is 0.396 e. The van der Waals surface area contributed by atoms with Gasteiger partial charge in [0, 0.05) is 44.3 Å². The normalized spacial score (nSPS) is 15.4. The molecule has 0 amide bonds. The zero-order chi connectivity index (χ0) is 13.9. The van der Waals surface area contributed by atoms with Gasteiger partial charge >= 0.3 is 0 Å². The first-order valence-corrected chi connectivity index (χ1v) is 6.74. The maximum absolute atomic E-state index is 6.02. The maximum atomic E-state index is 6.02. The molecule has 0 spiro atoms. The van der Waals surface area contributed by atoms with Gasteiger partial charge in [0.15, 0.2) is 5.82 Å². The molecule has 1 fully saturated rings. The van der Waals surface area contributed by atoms with Crippen molar-refractivity contribution in [1.29, 1.82) is 0 Å². The van der Waals surface area contributed by atoms with Gasteiger partial charge in [-0.1, -0.05) is 0 Å². The van der Waals surface area contributed by atoms with Crippen LogP contribution >= 0.6 is 0 Å². The molecule has 0 unspecified atom stereocenters. The number of hydrogen-bond acceptors (Lipinski definition) is 6. The fraction of sp³-hybridized carbons (Fsp3) is 0.357. The lowest BCUT2D eigenvalue weighted by Crippen LogP contribution is -2.47. The fourth-order valence-corrected chi connectivity index (χ4v) is 2.38.